The van der Waals surface area contributed by atoms with Gasteiger partial charge in [-0.15, -0.1) is 0 Å². The summed E-state index contributed by atoms with van der Waals surface area (Å²) in [5.41, 5.74) is 1.39. The quantitative estimate of drug-likeness (QED) is 0.675. The monoisotopic (exact) mass is 273 g/mol. The first-order valence-electron chi connectivity index (χ1n) is 6.56. The molecule has 0 bridgehead atoms. The van der Waals surface area contributed by atoms with Gasteiger partial charge in [0.25, 0.3) is 0 Å². The summed E-state index contributed by atoms with van der Waals surface area (Å²) in [6.07, 6.45) is 0. The fraction of sp³-hybridized carbons (Fsp3) is 0.250. The maximum absolute atomic E-state index is 9.86. The number of hydrogen-bond donors (Lipinski definition) is 4. The fourth-order valence-electron chi connectivity index (χ4n) is 2.31. The molecule has 0 radical (unpaired) electrons. The van der Waals surface area contributed by atoms with Gasteiger partial charge in [0, 0.05) is 6.04 Å². The van der Waals surface area contributed by atoms with Crippen LogP contribution >= 0.6 is 0 Å². The van der Waals surface area contributed by atoms with Crippen molar-refractivity contribution in [1.29, 1.82) is 0 Å². The zero-order valence-corrected chi connectivity index (χ0v) is 11.3. The molecule has 4 N–H and O–H groups in total. The number of aliphatic hydroxyl groups is 1. The van der Waals surface area contributed by atoms with E-state index >= 15 is 0 Å². The molecule has 0 aliphatic heterocycles. The molecule has 0 fully saturated rings. The van der Waals surface area contributed by atoms with Crippen LogP contribution < -0.4 is 5.32 Å². The van der Waals surface area contributed by atoms with Crippen molar-refractivity contribution in [2.75, 3.05) is 6.61 Å². The number of aliphatic hydroxyl groups excluding tert-OH is 1. The summed E-state index contributed by atoms with van der Waals surface area (Å²) in [7, 11) is 0. The molecule has 0 aliphatic rings. The molecular formula is C16H19NO3. The first-order chi connectivity index (χ1) is 9.63. The van der Waals surface area contributed by atoms with Crippen molar-refractivity contribution in [2.45, 2.75) is 19.0 Å². The van der Waals surface area contributed by atoms with Crippen LogP contribution in [0.1, 0.15) is 30.1 Å². The Morgan fingerprint density at radius 2 is 1.55 bits per heavy atom. The van der Waals surface area contributed by atoms with Gasteiger partial charge in [0.15, 0.2) is 0 Å². The molecule has 2 rings (SSSR count). The van der Waals surface area contributed by atoms with E-state index < -0.39 is 0 Å². The van der Waals surface area contributed by atoms with Gasteiger partial charge < -0.3 is 20.6 Å². The highest BCUT2D eigenvalue weighted by molar-refractivity contribution is 5.45. The lowest BCUT2D eigenvalue weighted by atomic mass is 10.0. The lowest BCUT2D eigenvalue weighted by Gasteiger charge is -2.23. The van der Waals surface area contributed by atoms with E-state index in [-0.39, 0.29) is 30.2 Å². The Morgan fingerprint density at radius 1 is 0.950 bits per heavy atom. The first-order valence-corrected chi connectivity index (χ1v) is 6.56. The van der Waals surface area contributed by atoms with Crippen LogP contribution in [-0.2, 0) is 0 Å². The summed E-state index contributed by atoms with van der Waals surface area (Å²) in [6, 6.07) is 13.7. The van der Waals surface area contributed by atoms with Crippen molar-refractivity contribution >= 4 is 0 Å². The Hall–Kier alpha value is -2.04. The molecule has 0 aromatic heterocycles. The summed E-state index contributed by atoms with van der Waals surface area (Å²) < 4.78 is 0. The smallest absolute Gasteiger partial charge is 0.124 e. The van der Waals surface area contributed by atoms with Crippen LogP contribution in [0.15, 0.2) is 48.5 Å². The largest absolute Gasteiger partial charge is 0.507 e. The summed E-state index contributed by atoms with van der Waals surface area (Å²) in [5, 5.41) is 32.4. The van der Waals surface area contributed by atoms with Gasteiger partial charge in [-0.05, 0) is 24.6 Å². The van der Waals surface area contributed by atoms with Gasteiger partial charge in [-0.1, -0.05) is 36.4 Å². The van der Waals surface area contributed by atoms with Crippen molar-refractivity contribution in [3.8, 4) is 11.5 Å². The van der Waals surface area contributed by atoms with Crippen LogP contribution in [0, 0.1) is 0 Å². The number of hydrogen-bond acceptors (Lipinski definition) is 4. The van der Waals surface area contributed by atoms with Crippen molar-refractivity contribution < 1.29 is 15.3 Å². The predicted molar refractivity (Wildman–Crippen MR) is 77.6 cm³/mol. The van der Waals surface area contributed by atoms with Gasteiger partial charge in [-0.25, -0.2) is 0 Å². The summed E-state index contributed by atoms with van der Waals surface area (Å²) in [5.74, 6) is 0.0736. The number of phenolic OH excluding ortho intramolecular Hbond substituents is 2. The standard InChI is InChI=1S/C16H19NO3/c1-11(16-14(19)8-5-9-15(16)20)17-13(10-18)12-6-3-2-4-7-12/h2-9,11,13,17-20H,10H2,1H3/t11?,13-/m0/s1. The summed E-state index contributed by atoms with van der Waals surface area (Å²) in [6.45, 7) is 1.77. The normalized spacial score (nSPS) is 13.9. The number of benzene rings is 2. The Morgan fingerprint density at radius 3 is 2.10 bits per heavy atom. The molecule has 106 valence electrons. The van der Waals surface area contributed by atoms with Gasteiger partial charge in [0.2, 0.25) is 0 Å². The maximum atomic E-state index is 9.86. The Bertz CT molecular complexity index is 537. The Kier molecular flexibility index (Phi) is 4.61. The average molecular weight is 273 g/mol. The van der Waals surface area contributed by atoms with Crippen LogP contribution in [0.5, 0.6) is 11.5 Å². The molecule has 2 atom stereocenters. The van der Waals surface area contributed by atoms with Crippen molar-refractivity contribution in [3.63, 3.8) is 0 Å². The van der Waals surface area contributed by atoms with E-state index in [0.29, 0.717) is 5.56 Å². The minimum atomic E-state index is -0.298. The third-order valence-electron chi connectivity index (χ3n) is 3.33. The van der Waals surface area contributed by atoms with Crippen LogP contribution in [0.3, 0.4) is 0 Å². The molecule has 0 heterocycles. The molecule has 20 heavy (non-hydrogen) atoms. The zero-order valence-electron chi connectivity index (χ0n) is 11.3. The van der Waals surface area contributed by atoms with Crippen LogP contribution in [0.2, 0.25) is 0 Å². The lowest BCUT2D eigenvalue weighted by molar-refractivity contribution is 0.234. The van der Waals surface area contributed by atoms with Crippen LogP contribution in [-0.4, -0.2) is 21.9 Å². The zero-order chi connectivity index (χ0) is 14.5. The molecule has 4 heteroatoms. The van der Waals surface area contributed by atoms with E-state index in [2.05, 4.69) is 5.32 Å². The van der Waals surface area contributed by atoms with E-state index in [1.807, 2.05) is 37.3 Å². The fourth-order valence-corrected chi connectivity index (χ4v) is 2.31. The SMILES string of the molecule is CC(N[C@@H](CO)c1ccccc1)c1c(O)cccc1O. The first kappa shape index (κ1) is 14.4. The van der Waals surface area contributed by atoms with E-state index in [0.717, 1.165) is 5.56 Å². The molecule has 1 unspecified atom stereocenters. The van der Waals surface area contributed by atoms with Crippen LogP contribution in [0.4, 0.5) is 0 Å². The summed E-state index contributed by atoms with van der Waals surface area (Å²) >= 11 is 0. The van der Waals surface area contributed by atoms with Crippen LogP contribution in [0.25, 0.3) is 0 Å². The minimum Gasteiger partial charge on any atom is -0.507 e. The average Bonchev–Trinajstić information content (AvgIpc) is 2.45. The second-order valence-corrected chi connectivity index (χ2v) is 4.74. The molecule has 2 aromatic rings. The molecule has 0 amide bonds. The second-order valence-electron chi connectivity index (χ2n) is 4.74. The van der Waals surface area contributed by atoms with E-state index in [1.165, 1.54) is 12.1 Å². The van der Waals surface area contributed by atoms with Crippen molar-refractivity contribution in [3.05, 3.63) is 59.7 Å². The van der Waals surface area contributed by atoms with Gasteiger partial charge in [0.05, 0.1) is 18.2 Å². The topological polar surface area (TPSA) is 72.7 Å². The van der Waals surface area contributed by atoms with Gasteiger partial charge in [-0.2, -0.15) is 0 Å². The number of nitrogens with one attached hydrogen (secondary N) is 1. The predicted octanol–water partition coefficient (Wildman–Crippen LogP) is 2.48. The number of aromatic hydroxyl groups is 2. The highest BCUT2D eigenvalue weighted by Crippen LogP contribution is 2.33. The Balaban J connectivity index is 2.20. The van der Waals surface area contributed by atoms with Crippen molar-refractivity contribution in [1.82, 2.24) is 5.32 Å². The van der Waals surface area contributed by atoms with E-state index in [4.69, 9.17) is 0 Å². The summed E-state index contributed by atoms with van der Waals surface area (Å²) in [4.78, 5) is 0. The number of rotatable bonds is 5. The van der Waals surface area contributed by atoms with E-state index in [9.17, 15) is 15.3 Å². The third-order valence-corrected chi connectivity index (χ3v) is 3.33. The van der Waals surface area contributed by atoms with Gasteiger partial charge in [-0.3, -0.25) is 0 Å². The minimum absolute atomic E-state index is 0.0368. The molecule has 0 spiro atoms. The Labute approximate surface area is 118 Å². The lowest BCUT2D eigenvalue weighted by Crippen LogP contribution is -2.27. The maximum Gasteiger partial charge on any atom is 0.124 e. The molecule has 0 saturated carbocycles. The highest BCUT2D eigenvalue weighted by Gasteiger charge is 2.19. The molecular weight excluding hydrogens is 254 g/mol. The number of phenols is 2. The van der Waals surface area contributed by atoms with E-state index in [1.54, 1.807) is 6.07 Å². The second kappa shape index (κ2) is 6.41. The molecule has 2 aromatic carbocycles. The molecule has 0 aliphatic carbocycles. The molecule has 0 saturated heterocycles. The molecule has 4 nitrogen and oxygen atoms in total. The van der Waals surface area contributed by atoms with Gasteiger partial charge >= 0.3 is 0 Å². The van der Waals surface area contributed by atoms with Crippen molar-refractivity contribution in [2.24, 2.45) is 0 Å². The highest BCUT2D eigenvalue weighted by atomic mass is 16.3. The third kappa shape index (κ3) is 3.10. The van der Waals surface area contributed by atoms with Gasteiger partial charge in [0.1, 0.15) is 11.5 Å².